The third-order valence-corrected chi connectivity index (χ3v) is 2.34. The molecule has 0 amide bonds. The van der Waals surface area contributed by atoms with Crippen molar-refractivity contribution in [3.63, 3.8) is 0 Å². The normalized spacial score (nSPS) is 12.4. The standard InChI is InChI=1S/C12H15N3O/c1-8-3-5-11(16-8)9(2)15-12-6-4-10(13)7-14-12/h3-7,9H,13H2,1-2H3,(H,14,15). The lowest BCUT2D eigenvalue weighted by molar-refractivity contribution is 0.466. The molecule has 0 aliphatic rings. The Morgan fingerprint density at radius 1 is 1.31 bits per heavy atom. The van der Waals surface area contributed by atoms with E-state index < -0.39 is 0 Å². The van der Waals surface area contributed by atoms with Gasteiger partial charge in [-0.1, -0.05) is 0 Å². The number of hydrogen-bond acceptors (Lipinski definition) is 4. The number of aromatic nitrogens is 1. The van der Waals surface area contributed by atoms with Gasteiger partial charge in [0, 0.05) is 0 Å². The van der Waals surface area contributed by atoms with Crippen molar-refractivity contribution in [3.8, 4) is 0 Å². The predicted octanol–water partition coefficient (Wildman–Crippen LogP) is 2.74. The van der Waals surface area contributed by atoms with Gasteiger partial charge in [0.25, 0.3) is 0 Å². The third-order valence-electron chi connectivity index (χ3n) is 2.34. The highest BCUT2D eigenvalue weighted by molar-refractivity contribution is 5.44. The Bertz CT molecular complexity index is 461. The molecule has 0 saturated carbocycles. The number of rotatable bonds is 3. The van der Waals surface area contributed by atoms with Crippen LogP contribution in [0.2, 0.25) is 0 Å². The molecule has 0 bridgehead atoms. The topological polar surface area (TPSA) is 64.1 Å². The van der Waals surface area contributed by atoms with Crippen molar-refractivity contribution in [1.82, 2.24) is 4.98 Å². The van der Waals surface area contributed by atoms with E-state index >= 15 is 0 Å². The van der Waals surface area contributed by atoms with Gasteiger partial charge in [-0.2, -0.15) is 0 Å². The van der Waals surface area contributed by atoms with Crippen LogP contribution in [-0.2, 0) is 0 Å². The van der Waals surface area contributed by atoms with E-state index in [4.69, 9.17) is 10.2 Å². The summed E-state index contributed by atoms with van der Waals surface area (Å²) >= 11 is 0. The van der Waals surface area contributed by atoms with Crippen LogP contribution in [0.3, 0.4) is 0 Å². The molecule has 2 aromatic rings. The van der Waals surface area contributed by atoms with Crippen molar-refractivity contribution >= 4 is 11.5 Å². The molecule has 2 aromatic heterocycles. The van der Waals surface area contributed by atoms with Crippen LogP contribution in [0.1, 0.15) is 24.5 Å². The Morgan fingerprint density at radius 2 is 2.12 bits per heavy atom. The predicted molar refractivity (Wildman–Crippen MR) is 64.1 cm³/mol. The Kier molecular flexibility index (Phi) is 2.81. The van der Waals surface area contributed by atoms with Crippen LogP contribution in [0.5, 0.6) is 0 Å². The summed E-state index contributed by atoms with van der Waals surface area (Å²) in [7, 11) is 0. The minimum atomic E-state index is 0.0878. The van der Waals surface area contributed by atoms with E-state index in [-0.39, 0.29) is 6.04 Å². The van der Waals surface area contributed by atoms with Crippen LogP contribution in [-0.4, -0.2) is 4.98 Å². The van der Waals surface area contributed by atoms with Gasteiger partial charge in [-0.25, -0.2) is 4.98 Å². The minimum Gasteiger partial charge on any atom is -0.464 e. The summed E-state index contributed by atoms with van der Waals surface area (Å²) in [6, 6.07) is 7.66. The average molecular weight is 217 g/mol. The first kappa shape index (κ1) is 10.5. The lowest BCUT2D eigenvalue weighted by atomic mass is 10.2. The number of nitrogens with one attached hydrogen (secondary N) is 1. The zero-order valence-corrected chi connectivity index (χ0v) is 9.40. The number of hydrogen-bond donors (Lipinski definition) is 2. The summed E-state index contributed by atoms with van der Waals surface area (Å²) < 4.78 is 5.53. The fourth-order valence-corrected chi connectivity index (χ4v) is 1.47. The van der Waals surface area contributed by atoms with Crippen molar-refractivity contribution in [2.75, 3.05) is 11.1 Å². The number of nitrogens with zero attached hydrogens (tertiary/aromatic N) is 1. The maximum Gasteiger partial charge on any atom is 0.126 e. The molecule has 0 spiro atoms. The largest absolute Gasteiger partial charge is 0.464 e. The number of nitrogens with two attached hydrogens (primary N) is 1. The highest BCUT2D eigenvalue weighted by Crippen LogP contribution is 2.20. The Labute approximate surface area is 94.5 Å². The molecule has 0 aliphatic heterocycles. The van der Waals surface area contributed by atoms with Gasteiger partial charge in [-0.3, -0.25) is 0 Å². The minimum absolute atomic E-state index is 0.0878. The van der Waals surface area contributed by atoms with Gasteiger partial charge in [0.2, 0.25) is 0 Å². The van der Waals surface area contributed by atoms with Crippen molar-refractivity contribution in [2.45, 2.75) is 19.9 Å². The van der Waals surface area contributed by atoms with E-state index in [1.165, 1.54) is 0 Å². The average Bonchev–Trinajstić information content (AvgIpc) is 2.68. The number of nitrogen functional groups attached to an aromatic ring is 1. The molecule has 1 unspecified atom stereocenters. The van der Waals surface area contributed by atoms with E-state index in [0.717, 1.165) is 17.3 Å². The van der Waals surface area contributed by atoms with Crippen LogP contribution in [0, 0.1) is 6.92 Å². The van der Waals surface area contributed by atoms with E-state index in [9.17, 15) is 0 Å². The molecule has 4 nitrogen and oxygen atoms in total. The summed E-state index contributed by atoms with van der Waals surface area (Å²) in [5.41, 5.74) is 6.22. The molecule has 0 radical (unpaired) electrons. The monoisotopic (exact) mass is 217 g/mol. The first-order chi connectivity index (χ1) is 7.65. The molecular weight excluding hydrogens is 202 g/mol. The number of pyridine rings is 1. The summed E-state index contributed by atoms with van der Waals surface area (Å²) in [6.07, 6.45) is 1.63. The molecule has 0 fully saturated rings. The molecule has 16 heavy (non-hydrogen) atoms. The second-order valence-electron chi connectivity index (χ2n) is 3.79. The zero-order valence-electron chi connectivity index (χ0n) is 9.40. The first-order valence-electron chi connectivity index (χ1n) is 5.19. The van der Waals surface area contributed by atoms with E-state index in [0.29, 0.717) is 5.69 Å². The molecule has 0 aromatic carbocycles. The van der Waals surface area contributed by atoms with Crippen molar-refractivity contribution in [2.24, 2.45) is 0 Å². The van der Waals surface area contributed by atoms with Crippen LogP contribution >= 0.6 is 0 Å². The van der Waals surface area contributed by atoms with Crippen LogP contribution in [0.25, 0.3) is 0 Å². The summed E-state index contributed by atoms with van der Waals surface area (Å²) in [5.74, 6) is 2.60. The highest BCUT2D eigenvalue weighted by atomic mass is 16.3. The van der Waals surface area contributed by atoms with Crippen molar-refractivity contribution in [1.29, 1.82) is 0 Å². The van der Waals surface area contributed by atoms with Gasteiger partial charge in [0.1, 0.15) is 17.3 Å². The molecule has 1 atom stereocenters. The Hall–Kier alpha value is -1.97. The SMILES string of the molecule is Cc1ccc(C(C)Nc2ccc(N)cn2)o1. The van der Waals surface area contributed by atoms with Crippen molar-refractivity contribution < 1.29 is 4.42 Å². The number of anilines is 2. The molecule has 2 heterocycles. The fraction of sp³-hybridized carbons (Fsp3) is 0.250. The molecule has 3 N–H and O–H groups in total. The van der Waals surface area contributed by atoms with Crippen LogP contribution in [0.4, 0.5) is 11.5 Å². The summed E-state index contributed by atoms with van der Waals surface area (Å²) in [6.45, 7) is 3.95. The molecule has 4 heteroatoms. The van der Waals surface area contributed by atoms with Gasteiger partial charge >= 0.3 is 0 Å². The highest BCUT2D eigenvalue weighted by Gasteiger charge is 2.09. The number of aryl methyl sites for hydroxylation is 1. The molecule has 0 saturated heterocycles. The summed E-state index contributed by atoms with van der Waals surface area (Å²) in [4.78, 5) is 4.17. The van der Waals surface area contributed by atoms with Crippen molar-refractivity contribution in [3.05, 3.63) is 42.0 Å². The zero-order chi connectivity index (χ0) is 11.5. The molecular formula is C12H15N3O. The summed E-state index contributed by atoms with van der Waals surface area (Å²) in [5, 5.41) is 3.24. The van der Waals surface area contributed by atoms with Gasteiger partial charge in [-0.05, 0) is 38.1 Å². The lowest BCUT2D eigenvalue weighted by Crippen LogP contribution is -2.06. The maximum atomic E-state index is 5.56. The smallest absolute Gasteiger partial charge is 0.126 e. The quantitative estimate of drug-likeness (QED) is 0.829. The van der Waals surface area contributed by atoms with Gasteiger partial charge in [-0.15, -0.1) is 0 Å². The second kappa shape index (κ2) is 4.26. The lowest BCUT2D eigenvalue weighted by Gasteiger charge is -2.11. The van der Waals surface area contributed by atoms with Crippen LogP contribution < -0.4 is 11.1 Å². The third kappa shape index (κ3) is 2.34. The Morgan fingerprint density at radius 3 is 2.69 bits per heavy atom. The first-order valence-corrected chi connectivity index (χ1v) is 5.19. The van der Waals surface area contributed by atoms with Gasteiger partial charge in [0.05, 0.1) is 17.9 Å². The van der Waals surface area contributed by atoms with E-state index in [2.05, 4.69) is 10.3 Å². The molecule has 0 aliphatic carbocycles. The van der Waals surface area contributed by atoms with Crippen LogP contribution in [0.15, 0.2) is 34.9 Å². The molecule has 2 rings (SSSR count). The van der Waals surface area contributed by atoms with Gasteiger partial charge < -0.3 is 15.5 Å². The fourth-order valence-electron chi connectivity index (χ4n) is 1.47. The van der Waals surface area contributed by atoms with E-state index in [1.54, 1.807) is 6.20 Å². The number of furan rings is 1. The Balaban J connectivity index is 2.07. The van der Waals surface area contributed by atoms with E-state index in [1.807, 2.05) is 38.1 Å². The maximum absolute atomic E-state index is 5.56. The second-order valence-corrected chi connectivity index (χ2v) is 3.79. The van der Waals surface area contributed by atoms with Gasteiger partial charge in [0.15, 0.2) is 0 Å². The molecule has 84 valence electrons.